The Bertz CT molecular complexity index is 269. The molecule has 0 amide bonds. The van der Waals surface area contributed by atoms with Gasteiger partial charge in [-0.2, -0.15) is 8.78 Å². The van der Waals surface area contributed by atoms with E-state index in [0.29, 0.717) is 19.6 Å². The summed E-state index contributed by atoms with van der Waals surface area (Å²) < 4.78 is 27.6. The first kappa shape index (κ1) is 11.3. The molecule has 80 valence electrons. The van der Waals surface area contributed by atoms with Crippen molar-refractivity contribution >= 4 is 11.3 Å². The van der Waals surface area contributed by atoms with E-state index in [-0.39, 0.29) is 5.19 Å². The Hall–Kier alpha value is -0.790. The standard InChI is InChI=1S/C7H11F2N3OS/c8-6(9)13-7-12-4-5(14-7)3-11-2-1-10/h4,6,11H,1-3,10H2. The van der Waals surface area contributed by atoms with Crippen LogP contribution in [0.1, 0.15) is 4.88 Å². The minimum Gasteiger partial charge on any atom is -0.408 e. The summed E-state index contributed by atoms with van der Waals surface area (Å²) in [5.74, 6) is 0. The third-order valence-corrected chi connectivity index (χ3v) is 2.23. The maximum atomic E-state index is 11.7. The first-order valence-electron chi connectivity index (χ1n) is 4.02. The van der Waals surface area contributed by atoms with Gasteiger partial charge in [0.2, 0.25) is 0 Å². The second-order valence-electron chi connectivity index (χ2n) is 2.44. The summed E-state index contributed by atoms with van der Waals surface area (Å²) in [6.45, 7) is -1.02. The van der Waals surface area contributed by atoms with Gasteiger partial charge in [0.25, 0.3) is 5.19 Å². The first-order valence-corrected chi connectivity index (χ1v) is 4.84. The molecule has 0 bridgehead atoms. The topological polar surface area (TPSA) is 60.2 Å². The van der Waals surface area contributed by atoms with Crippen LogP contribution in [0.2, 0.25) is 0 Å². The summed E-state index contributed by atoms with van der Waals surface area (Å²) in [5.41, 5.74) is 5.27. The molecule has 0 spiro atoms. The van der Waals surface area contributed by atoms with E-state index < -0.39 is 6.61 Å². The minimum absolute atomic E-state index is 0.00968. The second-order valence-corrected chi connectivity index (χ2v) is 3.51. The average Bonchev–Trinajstić information content (AvgIpc) is 2.52. The molecule has 1 aromatic rings. The number of thiazole rings is 1. The van der Waals surface area contributed by atoms with Gasteiger partial charge in [0.15, 0.2) is 0 Å². The van der Waals surface area contributed by atoms with Crippen LogP contribution in [0.3, 0.4) is 0 Å². The molecule has 7 heteroatoms. The highest BCUT2D eigenvalue weighted by atomic mass is 32.1. The van der Waals surface area contributed by atoms with Gasteiger partial charge in [0.05, 0.1) is 0 Å². The van der Waals surface area contributed by atoms with Crippen LogP contribution in [0.5, 0.6) is 5.19 Å². The number of nitrogens with one attached hydrogen (secondary N) is 1. The minimum atomic E-state index is -2.81. The van der Waals surface area contributed by atoms with E-state index in [9.17, 15) is 8.78 Å². The Morgan fingerprint density at radius 2 is 2.43 bits per heavy atom. The maximum absolute atomic E-state index is 11.7. The van der Waals surface area contributed by atoms with Gasteiger partial charge in [-0.3, -0.25) is 0 Å². The monoisotopic (exact) mass is 223 g/mol. The smallest absolute Gasteiger partial charge is 0.389 e. The maximum Gasteiger partial charge on any atom is 0.389 e. The van der Waals surface area contributed by atoms with Crippen LogP contribution in [-0.4, -0.2) is 24.7 Å². The van der Waals surface area contributed by atoms with E-state index in [1.807, 2.05) is 0 Å². The molecule has 0 aromatic carbocycles. The number of halogens is 2. The molecule has 0 aliphatic carbocycles. The molecule has 0 unspecified atom stereocenters. The quantitative estimate of drug-likeness (QED) is 0.700. The molecule has 0 saturated heterocycles. The summed E-state index contributed by atoms with van der Waals surface area (Å²) in [6, 6.07) is 0. The highest BCUT2D eigenvalue weighted by Gasteiger charge is 2.08. The number of ether oxygens (including phenoxy) is 1. The van der Waals surface area contributed by atoms with E-state index in [1.54, 1.807) is 0 Å². The van der Waals surface area contributed by atoms with Gasteiger partial charge in [-0.15, -0.1) is 0 Å². The molecule has 1 rings (SSSR count). The highest BCUT2D eigenvalue weighted by Crippen LogP contribution is 2.21. The van der Waals surface area contributed by atoms with Crippen LogP contribution in [0.15, 0.2) is 6.20 Å². The molecule has 3 N–H and O–H groups in total. The second kappa shape index (κ2) is 5.84. The summed E-state index contributed by atoms with van der Waals surface area (Å²) >= 11 is 1.09. The molecular formula is C7H11F2N3OS. The fourth-order valence-corrected chi connectivity index (χ4v) is 1.55. The first-order chi connectivity index (χ1) is 6.72. The van der Waals surface area contributed by atoms with Crippen LogP contribution in [-0.2, 0) is 6.54 Å². The largest absolute Gasteiger partial charge is 0.408 e. The molecular weight excluding hydrogens is 212 g/mol. The van der Waals surface area contributed by atoms with Gasteiger partial charge in [-0.25, -0.2) is 4.98 Å². The lowest BCUT2D eigenvalue weighted by atomic mass is 10.5. The van der Waals surface area contributed by atoms with E-state index in [0.717, 1.165) is 16.2 Å². The van der Waals surface area contributed by atoms with Crippen molar-refractivity contribution in [3.05, 3.63) is 11.1 Å². The summed E-state index contributed by atoms with van der Waals surface area (Å²) in [7, 11) is 0. The zero-order chi connectivity index (χ0) is 10.4. The summed E-state index contributed by atoms with van der Waals surface area (Å²) in [6.07, 6.45) is 1.51. The van der Waals surface area contributed by atoms with Crippen LogP contribution in [0, 0.1) is 0 Å². The predicted molar refractivity (Wildman–Crippen MR) is 49.5 cm³/mol. The third-order valence-electron chi connectivity index (χ3n) is 1.34. The number of aromatic nitrogens is 1. The van der Waals surface area contributed by atoms with E-state index >= 15 is 0 Å². The molecule has 0 radical (unpaired) electrons. The van der Waals surface area contributed by atoms with Crippen molar-refractivity contribution < 1.29 is 13.5 Å². The van der Waals surface area contributed by atoms with Crippen molar-refractivity contribution in [1.82, 2.24) is 10.3 Å². The van der Waals surface area contributed by atoms with Crippen molar-refractivity contribution in [2.45, 2.75) is 13.2 Å². The number of alkyl halides is 2. The van der Waals surface area contributed by atoms with Gasteiger partial charge >= 0.3 is 6.61 Å². The Morgan fingerprint density at radius 3 is 3.07 bits per heavy atom. The van der Waals surface area contributed by atoms with Gasteiger partial charge in [-0.1, -0.05) is 11.3 Å². The van der Waals surface area contributed by atoms with Crippen LogP contribution < -0.4 is 15.8 Å². The zero-order valence-electron chi connectivity index (χ0n) is 7.37. The van der Waals surface area contributed by atoms with Crippen molar-refractivity contribution in [2.24, 2.45) is 5.73 Å². The zero-order valence-corrected chi connectivity index (χ0v) is 8.19. The van der Waals surface area contributed by atoms with E-state index in [4.69, 9.17) is 5.73 Å². The average molecular weight is 223 g/mol. The van der Waals surface area contributed by atoms with Crippen molar-refractivity contribution in [1.29, 1.82) is 0 Å². The fourth-order valence-electron chi connectivity index (χ4n) is 0.816. The van der Waals surface area contributed by atoms with Crippen LogP contribution in [0.25, 0.3) is 0 Å². The molecule has 0 aliphatic heterocycles. The van der Waals surface area contributed by atoms with E-state index in [1.165, 1.54) is 6.20 Å². The Balaban J connectivity index is 2.35. The van der Waals surface area contributed by atoms with Crippen molar-refractivity contribution in [2.75, 3.05) is 13.1 Å². The van der Waals surface area contributed by atoms with Crippen molar-refractivity contribution in [3.8, 4) is 5.19 Å². The lowest BCUT2D eigenvalue weighted by Crippen LogP contribution is -2.21. The number of hydrogen-bond acceptors (Lipinski definition) is 5. The Labute approximate surface area is 84.1 Å². The lowest BCUT2D eigenvalue weighted by Gasteiger charge is -1.98. The Morgan fingerprint density at radius 1 is 1.64 bits per heavy atom. The number of nitrogens with zero attached hydrogens (tertiary/aromatic N) is 1. The number of nitrogens with two attached hydrogens (primary N) is 1. The third kappa shape index (κ3) is 3.95. The molecule has 4 nitrogen and oxygen atoms in total. The lowest BCUT2D eigenvalue weighted by molar-refractivity contribution is -0.0499. The molecule has 0 atom stereocenters. The predicted octanol–water partition coefficient (Wildman–Crippen LogP) is 0.793. The van der Waals surface area contributed by atoms with Crippen LogP contribution in [0.4, 0.5) is 8.78 Å². The number of hydrogen-bond donors (Lipinski definition) is 2. The molecule has 14 heavy (non-hydrogen) atoms. The van der Waals surface area contributed by atoms with Gasteiger partial charge in [0, 0.05) is 30.7 Å². The molecule has 0 saturated carbocycles. The summed E-state index contributed by atoms with van der Waals surface area (Å²) in [5, 5.41) is 3.01. The highest BCUT2D eigenvalue weighted by molar-refractivity contribution is 7.13. The van der Waals surface area contributed by atoms with Gasteiger partial charge < -0.3 is 15.8 Å². The molecule has 0 fully saturated rings. The van der Waals surface area contributed by atoms with Gasteiger partial charge in [0.1, 0.15) is 0 Å². The molecule has 1 aromatic heterocycles. The van der Waals surface area contributed by atoms with Crippen molar-refractivity contribution in [3.63, 3.8) is 0 Å². The SMILES string of the molecule is NCCNCc1cnc(OC(F)F)s1. The van der Waals surface area contributed by atoms with Crippen LogP contribution >= 0.6 is 11.3 Å². The van der Waals surface area contributed by atoms with Gasteiger partial charge in [-0.05, 0) is 0 Å². The fraction of sp³-hybridized carbons (Fsp3) is 0.571. The number of rotatable bonds is 6. The summed E-state index contributed by atoms with van der Waals surface area (Å²) in [4.78, 5) is 4.52. The van der Waals surface area contributed by atoms with E-state index in [2.05, 4.69) is 15.0 Å². The Kier molecular flexibility index (Phi) is 4.71. The molecule has 0 aliphatic rings. The normalized spacial score (nSPS) is 10.9. The molecule has 1 heterocycles.